The molecule has 8 heteroatoms. The van der Waals surface area contributed by atoms with Crippen LogP contribution in [0, 0.1) is 5.92 Å². The SMILES string of the molecule is CC1=NN(C2CCS(=O)(=O)C2)C(=O)C1CCC(=O)O. The number of hydrogen-bond donors (Lipinski definition) is 1. The van der Waals surface area contributed by atoms with E-state index < -0.39 is 27.8 Å². The summed E-state index contributed by atoms with van der Waals surface area (Å²) in [6.45, 7) is 1.67. The Morgan fingerprint density at radius 2 is 2.21 bits per heavy atom. The second-order valence-electron chi connectivity index (χ2n) is 4.97. The smallest absolute Gasteiger partial charge is 0.303 e. The quantitative estimate of drug-likeness (QED) is 0.776. The lowest BCUT2D eigenvalue weighted by Gasteiger charge is -2.19. The van der Waals surface area contributed by atoms with E-state index in [-0.39, 0.29) is 30.3 Å². The van der Waals surface area contributed by atoms with Crippen LogP contribution in [0.4, 0.5) is 0 Å². The zero-order valence-electron chi connectivity index (χ0n) is 10.6. The number of carboxylic acids is 1. The molecule has 2 heterocycles. The molecule has 7 nitrogen and oxygen atoms in total. The predicted molar refractivity (Wildman–Crippen MR) is 67.4 cm³/mol. The highest BCUT2D eigenvalue weighted by atomic mass is 32.2. The van der Waals surface area contributed by atoms with E-state index in [0.717, 1.165) is 0 Å². The molecule has 1 amide bonds. The molecule has 1 fully saturated rings. The molecule has 0 radical (unpaired) electrons. The van der Waals surface area contributed by atoms with Crippen LogP contribution in [-0.2, 0) is 19.4 Å². The third-order valence-electron chi connectivity index (χ3n) is 3.49. The second kappa shape index (κ2) is 4.92. The fourth-order valence-electron chi connectivity index (χ4n) is 2.46. The first kappa shape index (κ1) is 14.0. The number of rotatable bonds is 4. The van der Waals surface area contributed by atoms with E-state index in [1.807, 2.05) is 0 Å². The largest absolute Gasteiger partial charge is 0.481 e. The van der Waals surface area contributed by atoms with Gasteiger partial charge in [-0.15, -0.1) is 0 Å². The first-order chi connectivity index (χ1) is 8.80. The summed E-state index contributed by atoms with van der Waals surface area (Å²) in [5.74, 6) is -1.74. The van der Waals surface area contributed by atoms with Gasteiger partial charge in [0.1, 0.15) is 0 Å². The minimum atomic E-state index is -3.07. The van der Waals surface area contributed by atoms with Crippen molar-refractivity contribution in [2.45, 2.75) is 32.2 Å². The minimum Gasteiger partial charge on any atom is -0.481 e. The molecule has 2 atom stereocenters. The molecule has 0 bridgehead atoms. The summed E-state index contributed by atoms with van der Waals surface area (Å²) in [6, 6.07) is -0.401. The monoisotopic (exact) mass is 288 g/mol. The molecular formula is C11H16N2O5S. The van der Waals surface area contributed by atoms with Crippen LogP contribution in [0.25, 0.3) is 0 Å². The van der Waals surface area contributed by atoms with E-state index in [1.54, 1.807) is 6.92 Å². The van der Waals surface area contributed by atoms with E-state index in [2.05, 4.69) is 5.10 Å². The lowest BCUT2D eigenvalue weighted by Crippen LogP contribution is -2.36. The molecule has 0 aromatic heterocycles. The Bertz CT molecular complexity index is 539. The maximum absolute atomic E-state index is 12.2. The number of carbonyl (C=O) groups excluding carboxylic acids is 1. The zero-order valence-corrected chi connectivity index (χ0v) is 11.4. The highest BCUT2D eigenvalue weighted by Gasteiger charge is 2.41. The maximum atomic E-state index is 12.2. The summed E-state index contributed by atoms with van der Waals surface area (Å²) in [4.78, 5) is 22.7. The number of amides is 1. The van der Waals surface area contributed by atoms with Crippen LogP contribution in [0.2, 0.25) is 0 Å². The van der Waals surface area contributed by atoms with Crippen molar-refractivity contribution in [3.63, 3.8) is 0 Å². The Hall–Kier alpha value is -1.44. The first-order valence-corrected chi connectivity index (χ1v) is 7.92. The van der Waals surface area contributed by atoms with Gasteiger partial charge in [0.25, 0.3) is 5.91 Å². The van der Waals surface area contributed by atoms with Gasteiger partial charge in [0.2, 0.25) is 0 Å². The van der Waals surface area contributed by atoms with Gasteiger partial charge in [-0.2, -0.15) is 5.10 Å². The molecule has 2 aliphatic rings. The van der Waals surface area contributed by atoms with Crippen molar-refractivity contribution in [1.82, 2.24) is 5.01 Å². The molecule has 106 valence electrons. The minimum absolute atomic E-state index is 0.0544. The Labute approximate surface area is 111 Å². The topological polar surface area (TPSA) is 104 Å². The van der Waals surface area contributed by atoms with Crippen LogP contribution in [-0.4, -0.2) is 53.7 Å². The van der Waals surface area contributed by atoms with Crippen molar-refractivity contribution in [2.24, 2.45) is 11.0 Å². The van der Waals surface area contributed by atoms with Crippen LogP contribution < -0.4 is 0 Å². The molecule has 0 aromatic rings. The second-order valence-corrected chi connectivity index (χ2v) is 7.19. The van der Waals surface area contributed by atoms with E-state index in [4.69, 9.17) is 5.11 Å². The van der Waals surface area contributed by atoms with Crippen molar-refractivity contribution in [3.05, 3.63) is 0 Å². The molecule has 1 N–H and O–H groups in total. The number of nitrogens with zero attached hydrogens (tertiary/aromatic N) is 2. The average molecular weight is 288 g/mol. The summed E-state index contributed by atoms with van der Waals surface area (Å²) in [6.07, 6.45) is 0.510. The Morgan fingerprint density at radius 3 is 2.74 bits per heavy atom. The molecule has 0 spiro atoms. The van der Waals surface area contributed by atoms with Crippen molar-refractivity contribution in [2.75, 3.05) is 11.5 Å². The average Bonchev–Trinajstić information content (AvgIpc) is 2.77. The summed E-state index contributed by atoms with van der Waals surface area (Å²) < 4.78 is 22.8. The fraction of sp³-hybridized carbons (Fsp3) is 0.727. The van der Waals surface area contributed by atoms with Gasteiger partial charge >= 0.3 is 5.97 Å². The van der Waals surface area contributed by atoms with Crippen molar-refractivity contribution >= 4 is 27.4 Å². The van der Waals surface area contributed by atoms with Crippen molar-refractivity contribution < 1.29 is 23.1 Å². The van der Waals surface area contributed by atoms with Crippen molar-refractivity contribution in [1.29, 1.82) is 0 Å². The number of aliphatic carboxylic acids is 1. The third-order valence-corrected chi connectivity index (χ3v) is 5.25. The normalized spacial score (nSPS) is 29.6. The molecule has 0 saturated carbocycles. The van der Waals surface area contributed by atoms with Crippen LogP contribution in [0.15, 0.2) is 5.10 Å². The van der Waals surface area contributed by atoms with E-state index >= 15 is 0 Å². The summed E-state index contributed by atoms with van der Waals surface area (Å²) in [5.41, 5.74) is 0.565. The summed E-state index contributed by atoms with van der Waals surface area (Å²) in [5, 5.41) is 14.0. The third kappa shape index (κ3) is 2.94. The van der Waals surface area contributed by atoms with Gasteiger partial charge in [-0.3, -0.25) is 9.59 Å². The molecule has 0 aromatic carbocycles. The lowest BCUT2D eigenvalue weighted by atomic mass is 9.98. The van der Waals surface area contributed by atoms with Crippen LogP contribution >= 0.6 is 0 Å². The molecule has 2 rings (SSSR count). The number of carboxylic acid groups (broad SMARTS) is 1. The van der Waals surface area contributed by atoms with Gasteiger partial charge in [0, 0.05) is 12.1 Å². The van der Waals surface area contributed by atoms with E-state index in [0.29, 0.717) is 12.1 Å². The number of sulfone groups is 1. The highest BCUT2D eigenvalue weighted by molar-refractivity contribution is 7.91. The van der Waals surface area contributed by atoms with Crippen LogP contribution in [0.1, 0.15) is 26.2 Å². The summed E-state index contributed by atoms with van der Waals surface area (Å²) in [7, 11) is -3.07. The molecule has 2 unspecified atom stereocenters. The standard InChI is InChI=1S/C11H16N2O5S/c1-7-9(2-3-10(14)15)11(16)13(12-7)8-4-5-19(17,18)6-8/h8-9H,2-6H2,1H3,(H,14,15). The molecule has 19 heavy (non-hydrogen) atoms. The van der Waals surface area contributed by atoms with E-state index in [9.17, 15) is 18.0 Å². The fourth-order valence-corrected chi connectivity index (χ4v) is 4.15. The van der Waals surface area contributed by atoms with Gasteiger partial charge in [-0.1, -0.05) is 0 Å². The van der Waals surface area contributed by atoms with Crippen LogP contribution in [0.5, 0.6) is 0 Å². The maximum Gasteiger partial charge on any atom is 0.303 e. The van der Waals surface area contributed by atoms with E-state index in [1.165, 1.54) is 5.01 Å². The molecule has 0 aliphatic carbocycles. The highest BCUT2D eigenvalue weighted by Crippen LogP contribution is 2.27. The first-order valence-electron chi connectivity index (χ1n) is 6.10. The predicted octanol–water partition coefficient (Wildman–Crippen LogP) is -0.127. The van der Waals surface area contributed by atoms with Gasteiger partial charge in [0.15, 0.2) is 9.84 Å². The van der Waals surface area contributed by atoms with Gasteiger partial charge in [-0.25, -0.2) is 13.4 Å². The lowest BCUT2D eigenvalue weighted by molar-refractivity contribution is -0.137. The summed E-state index contributed by atoms with van der Waals surface area (Å²) >= 11 is 0. The zero-order chi connectivity index (χ0) is 14.2. The molecular weight excluding hydrogens is 272 g/mol. The number of hydrogen-bond acceptors (Lipinski definition) is 5. The van der Waals surface area contributed by atoms with Gasteiger partial charge in [-0.05, 0) is 19.8 Å². The number of hydrazone groups is 1. The Morgan fingerprint density at radius 1 is 1.53 bits per heavy atom. The van der Waals surface area contributed by atoms with Crippen molar-refractivity contribution in [3.8, 4) is 0 Å². The van der Waals surface area contributed by atoms with Gasteiger partial charge < -0.3 is 5.11 Å². The Balaban J connectivity index is 2.06. The Kier molecular flexibility index (Phi) is 3.62. The number of carbonyl (C=O) groups is 2. The van der Waals surface area contributed by atoms with Gasteiger partial charge in [0.05, 0.1) is 23.5 Å². The van der Waals surface area contributed by atoms with Crippen LogP contribution in [0.3, 0.4) is 0 Å². The molecule has 2 aliphatic heterocycles. The molecule has 1 saturated heterocycles.